The van der Waals surface area contributed by atoms with Crippen molar-refractivity contribution in [3.8, 4) is 5.75 Å². The van der Waals surface area contributed by atoms with Gasteiger partial charge in [0.25, 0.3) is 5.91 Å². The SMILES string of the molecule is CCCCN1C(=O)c2sccc2N2C(SCC(=O)Nc3cc(Cl)ccc3OC)=NNC12. The molecule has 2 aromatic rings. The van der Waals surface area contributed by atoms with Crippen LogP contribution in [0.25, 0.3) is 0 Å². The number of carbonyl (C=O) groups excluding carboxylic acids is 2. The van der Waals surface area contributed by atoms with Crippen LogP contribution in [-0.2, 0) is 4.79 Å². The first-order valence-corrected chi connectivity index (χ1v) is 12.0. The van der Waals surface area contributed by atoms with E-state index in [1.165, 1.54) is 30.2 Å². The summed E-state index contributed by atoms with van der Waals surface area (Å²) in [5, 5.41) is 10.3. The number of hydrazone groups is 1. The molecule has 11 heteroatoms. The van der Waals surface area contributed by atoms with Crippen molar-refractivity contribution in [2.75, 3.05) is 29.6 Å². The van der Waals surface area contributed by atoms with Gasteiger partial charge in [-0.25, -0.2) is 0 Å². The maximum Gasteiger partial charge on any atom is 0.269 e. The number of methoxy groups -OCH3 is 1. The molecule has 31 heavy (non-hydrogen) atoms. The molecule has 2 amide bonds. The number of thioether (sulfide) groups is 1. The number of thiophene rings is 1. The molecule has 4 rings (SSSR count). The summed E-state index contributed by atoms with van der Waals surface area (Å²) < 4.78 is 5.28. The largest absolute Gasteiger partial charge is 0.495 e. The summed E-state index contributed by atoms with van der Waals surface area (Å²) in [4.78, 5) is 30.0. The predicted molar refractivity (Wildman–Crippen MR) is 126 cm³/mol. The Bertz CT molecular complexity index is 1030. The van der Waals surface area contributed by atoms with Crippen LogP contribution in [0.15, 0.2) is 34.7 Å². The normalized spacial score (nSPS) is 17.1. The first-order valence-electron chi connectivity index (χ1n) is 9.80. The summed E-state index contributed by atoms with van der Waals surface area (Å²) in [7, 11) is 1.53. The van der Waals surface area contributed by atoms with Gasteiger partial charge in [0.1, 0.15) is 10.6 Å². The van der Waals surface area contributed by atoms with Crippen LogP contribution < -0.4 is 20.4 Å². The number of hydrogen-bond acceptors (Lipinski definition) is 8. The number of benzene rings is 1. The van der Waals surface area contributed by atoms with Gasteiger partial charge in [0.2, 0.25) is 12.2 Å². The number of carbonyl (C=O) groups is 2. The van der Waals surface area contributed by atoms with E-state index in [0.717, 1.165) is 18.5 Å². The van der Waals surface area contributed by atoms with Gasteiger partial charge >= 0.3 is 0 Å². The van der Waals surface area contributed by atoms with Crippen molar-refractivity contribution in [1.82, 2.24) is 10.3 Å². The molecular formula is C20H22ClN5O3S2. The number of amides is 2. The molecule has 1 aromatic carbocycles. The van der Waals surface area contributed by atoms with Gasteiger partial charge in [-0.15, -0.1) is 11.3 Å². The number of hydrogen-bond donors (Lipinski definition) is 2. The average Bonchev–Trinajstić information content (AvgIpc) is 3.39. The molecule has 0 fully saturated rings. The molecule has 0 radical (unpaired) electrons. The third-order valence-corrected chi connectivity index (χ3v) is 6.98. The highest BCUT2D eigenvalue weighted by molar-refractivity contribution is 8.14. The number of halogens is 1. The summed E-state index contributed by atoms with van der Waals surface area (Å²) in [5.74, 6) is 0.478. The molecule has 1 aromatic heterocycles. The predicted octanol–water partition coefficient (Wildman–Crippen LogP) is 4.00. The summed E-state index contributed by atoms with van der Waals surface area (Å²) in [6, 6.07) is 6.97. The zero-order valence-electron chi connectivity index (χ0n) is 17.1. The molecule has 0 saturated carbocycles. The number of fused-ring (bicyclic) bond motifs is 3. The molecule has 3 heterocycles. The zero-order chi connectivity index (χ0) is 22.0. The summed E-state index contributed by atoms with van der Waals surface area (Å²) in [5.41, 5.74) is 4.40. The number of amidine groups is 1. The number of unbranched alkanes of at least 4 members (excludes halogenated alkanes) is 1. The molecule has 2 N–H and O–H groups in total. The fraction of sp³-hybridized carbons (Fsp3) is 0.350. The Morgan fingerprint density at radius 1 is 1.42 bits per heavy atom. The second-order valence-electron chi connectivity index (χ2n) is 6.94. The quantitative estimate of drug-likeness (QED) is 0.624. The highest BCUT2D eigenvalue weighted by atomic mass is 35.5. The third kappa shape index (κ3) is 4.32. The standard InChI is InChI=1S/C20H22ClN5O3S2/c1-3-4-8-25-18(28)17-14(7-9-30-17)26-19(25)23-24-20(26)31-11-16(27)22-13-10-12(21)5-6-15(13)29-2/h5-7,9-10,19,23H,3-4,8,11H2,1-2H3,(H,22,27). The smallest absolute Gasteiger partial charge is 0.269 e. The molecule has 1 atom stereocenters. The van der Waals surface area contributed by atoms with E-state index in [4.69, 9.17) is 16.3 Å². The van der Waals surface area contributed by atoms with Gasteiger partial charge in [0.15, 0.2) is 5.17 Å². The zero-order valence-corrected chi connectivity index (χ0v) is 19.4. The minimum atomic E-state index is -0.375. The minimum Gasteiger partial charge on any atom is -0.495 e. The topological polar surface area (TPSA) is 86.3 Å². The number of ether oxygens (including phenoxy) is 1. The lowest BCUT2D eigenvalue weighted by atomic mass is 10.2. The third-order valence-electron chi connectivity index (χ3n) is 4.90. The van der Waals surface area contributed by atoms with Crippen molar-refractivity contribution in [3.63, 3.8) is 0 Å². The Labute approximate surface area is 193 Å². The van der Waals surface area contributed by atoms with E-state index in [0.29, 0.717) is 33.0 Å². The van der Waals surface area contributed by atoms with Crippen LogP contribution in [0.4, 0.5) is 11.4 Å². The number of anilines is 2. The first kappa shape index (κ1) is 21.8. The van der Waals surface area contributed by atoms with Crippen LogP contribution in [0.3, 0.4) is 0 Å². The molecular weight excluding hydrogens is 458 g/mol. The summed E-state index contributed by atoms with van der Waals surface area (Å²) in [6.45, 7) is 2.74. The lowest BCUT2D eigenvalue weighted by molar-refractivity contribution is -0.113. The van der Waals surface area contributed by atoms with Crippen LogP contribution in [0, 0.1) is 0 Å². The maximum absolute atomic E-state index is 12.9. The van der Waals surface area contributed by atoms with Crippen molar-refractivity contribution < 1.29 is 14.3 Å². The highest BCUT2D eigenvalue weighted by Gasteiger charge is 2.43. The molecule has 1 unspecified atom stereocenters. The lowest BCUT2D eigenvalue weighted by Gasteiger charge is -2.39. The van der Waals surface area contributed by atoms with Crippen LogP contribution >= 0.6 is 34.7 Å². The first-order chi connectivity index (χ1) is 15.0. The van der Waals surface area contributed by atoms with E-state index < -0.39 is 0 Å². The fourth-order valence-electron chi connectivity index (χ4n) is 3.42. The monoisotopic (exact) mass is 479 g/mol. The molecule has 164 valence electrons. The van der Waals surface area contributed by atoms with E-state index in [9.17, 15) is 9.59 Å². The van der Waals surface area contributed by atoms with Crippen LogP contribution in [-0.4, -0.2) is 47.6 Å². The number of nitrogens with one attached hydrogen (secondary N) is 2. The van der Waals surface area contributed by atoms with Gasteiger partial charge in [-0.05, 0) is 36.1 Å². The molecule has 0 saturated heterocycles. The van der Waals surface area contributed by atoms with Gasteiger partial charge in [0.05, 0.1) is 24.2 Å². The summed E-state index contributed by atoms with van der Waals surface area (Å²) in [6.07, 6.45) is 1.52. The molecule has 0 aliphatic carbocycles. The van der Waals surface area contributed by atoms with Gasteiger partial charge in [-0.2, -0.15) is 5.10 Å². The average molecular weight is 480 g/mol. The fourth-order valence-corrected chi connectivity index (χ4v) is 5.21. The van der Waals surface area contributed by atoms with Crippen molar-refractivity contribution in [1.29, 1.82) is 0 Å². The van der Waals surface area contributed by atoms with E-state index in [1.807, 2.05) is 16.3 Å². The van der Waals surface area contributed by atoms with Crippen molar-refractivity contribution in [2.24, 2.45) is 5.10 Å². The molecule has 8 nitrogen and oxygen atoms in total. The Kier molecular flexibility index (Phi) is 6.59. The summed E-state index contributed by atoms with van der Waals surface area (Å²) >= 11 is 8.76. The van der Waals surface area contributed by atoms with Gasteiger partial charge < -0.3 is 10.1 Å². The second-order valence-corrected chi connectivity index (χ2v) is 9.23. The minimum absolute atomic E-state index is 0.0134. The maximum atomic E-state index is 12.9. The highest BCUT2D eigenvalue weighted by Crippen LogP contribution is 2.38. The molecule has 2 aliphatic heterocycles. The van der Waals surface area contributed by atoms with Crippen molar-refractivity contribution in [2.45, 2.75) is 26.1 Å². The van der Waals surface area contributed by atoms with E-state index in [-0.39, 0.29) is 23.9 Å². The Morgan fingerprint density at radius 3 is 3.03 bits per heavy atom. The van der Waals surface area contributed by atoms with Crippen LogP contribution in [0.1, 0.15) is 29.4 Å². The van der Waals surface area contributed by atoms with E-state index >= 15 is 0 Å². The Morgan fingerprint density at radius 2 is 2.26 bits per heavy atom. The van der Waals surface area contributed by atoms with Crippen LogP contribution in [0.2, 0.25) is 5.02 Å². The van der Waals surface area contributed by atoms with E-state index in [2.05, 4.69) is 22.8 Å². The number of rotatable bonds is 7. The Hall–Kier alpha value is -2.43. The van der Waals surface area contributed by atoms with Gasteiger partial charge in [-0.1, -0.05) is 36.7 Å². The van der Waals surface area contributed by atoms with Gasteiger partial charge in [-0.3, -0.25) is 24.8 Å². The second kappa shape index (κ2) is 9.37. The molecule has 2 aliphatic rings. The van der Waals surface area contributed by atoms with Gasteiger partial charge in [0, 0.05) is 11.6 Å². The number of nitrogens with zero attached hydrogens (tertiary/aromatic N) is 3. The van der Waals surface area contributed by atoms with Crippen molar-refractivity contribution >= 4 is 63.1 Å². The molecule has 0 spiro atoms. The van der Waals surface area contributed by atoms with E-state index in [1.54, 1.807) is 23.1 Å². The van der Waals surface area contributed by atoms with Crippen LogP contribution in [0.5, 0.6) is 5.75 Å². The Balaban J connectivity index is 1.46. The van der Waals surface area contributed by atoms with Crippen molar-refractivity contribution in [3.05, 3.63) is 39.5 Å². The molecule has 0 bridgehead atoms. The lowest BCUT2D eigenvalue weighted by Crippen LogP contribution is -2.58.